The molecule has 6 aliphatic rings. The largest absolute Gasteiger partial charge is 0.456 e. The van der Waals surface area contributed by atoms with E-state index in [4.69, 9.17) is 18.9 Å². The molecular formula is C79H84N4O6. The van der Waals surface area contributed by atoms with Crippen LogP contribution >= 0.6 is 0 Å². The molecule has 10 heteroatoms. The van der Waals surface area contributed by atoms with E-state index in [-0.39, 0.29) is 17.4 Å². The number of fused-ring (bicyclic) bond motifs is 12. The van der Waals surface area contributed by atoms with Gasteiger partial charge in [0.05, 0.1) is 11.1 Å². The predicted molar refractivity (Wildman–Crippen MR) is 358 cm³/mol. The van der Waals surface area contributed by atoms with E-state index in [0.717, 1.165) is 129 Å². The molecule has 0 bridgehead atoms. The van der Waals surface area contributed by atoms with Crippen molar-refractivity contribution in [2.24, 2.45) is 0 Å². The van der Waals surface area contributed by atoms with Gasteiger partial charge in [-0.2, -0.15) is 0 Å². The second-order valence-corrected chi connectivity index (χ2v) is 26.6. The molecule has 14 rings (SSSR count). The van der Waals surface area contributed by atoms with Crippen LogP contribution < -0.4 is 29.1 Å². The van der Waals surface area contributed by atoms with Crippen molar-refractivity contribution < 1.29 is 28.5 Å². The zero-order chi connectivity index (χ0) is 61.3. The van der Waals surface area contributed by atoms with E-state index in [0.29, 0.717) is 34.7 Å². The van der Waals surface area contributed by atoms with Gasteiger partial charge in [-0.15, -0.1) is 0 Å². The van der Waals surface area contributed by atoms with Gasteiger partial charge in [-0.05, 0) is 160 Å². The Kier molecular flexibility index (Phi) is 15.1. The first-order valence-electron chi connectivity index (χ1n) is 33.1. The van der Waals surface area contributed by atoms with Gasteiger partial charge in [0.25, 0.3) is 0 Å². The predicted octanol–water partition coefficient (Wildman–Crippen LogP) is 19.2. The van der Waals surface area contributed by atoms with Crippen LogP contribution in [0.2, 0.25) is 0 Å². The Morgan fingerprint density at radius 1 is 0.438 bits per heavy atom. The first-order valence-corrected chi connectivity index (χ1v) is 33.1. The average Bonchev–Trinajstić information content (AvgIpc) is 1.66. The maximum absolute atomic E-state index is 14.1. The van der Waals surface area contributed by atoms with Crippen molar-refractivity contribution in [3.05, 3.63) is 224 Å². The fourth-order valence-electron chi connectivity index (χ4n) is 15.7. The van der Waals surface area contributed by atoms with Gasteiger partial charge in [-0.25, -0.2) is 9.59 Å². The second kappa shape index (κ2) is 23.1. The van der Waals surface area contributed by atoms with Crippen molar-refractivity contribution in [3.8, 4) is 23.0 Å². The maximum atomic E-state index is 14.1. The highest BCUT2D eigenvalue weighted by Gasteiger charge is 2.56. The number of anilines is 6. The molecule has 2 spiro atoms. The molecule has 0 N–H and O–H groups in total. The molecule has 8 aromatic carbocycles. The van der Waals surface area contributed by atoms with E-state index in [9.17, 15) is 9.59 Å². The third kappa shape index (κ3) is 9.73. The van der Waals surface area contributed by atoms with Crippen LogP contribution in [0.1, 0.15) is 194 Å². The van der Waals surface area contributed by atoms with Gasteiger partial charge in [0.2, 0.25) is 0 Å². The number of nitrogens with zero attached hydrogens (tertiary/aromatic N) is 4. The van der Waals surface area contributed by atoms with Crippen LogP contribution in [0.25, 0.3) is 0 Å². The van der Waals surface area contributed by atoms with E-state index < -0.39 is 11.2 Å². The lowest BCUT2D eigenvalue weighted by molar-refractivity contribution is 0.0214. The Balaban J connectivity index is 0.773. The molecule has 2 unspecified atom stereocenters. The van der Waals surface area contributed by atoms with Crippen LogP contribution in [0, 0.1) is 13.8 Å². The number of unbranched alkanes of at least 4 members (excludes halogenated alkanes) is 2. The van der Waals surface area contributed by atoms with Gasteiger partial charge in [0.15, 0.2) is 11.2 Å². The molecule has 8 aromatic rings. The summed E-state index contributed by atoms with van der Waals surface area (Å²) < 4.78 is 27.5. The van der Waals surface area contributed by atoms with Gasteiger partial charge < -0.3 is 38.5 Å². The SMILES string of the molecule is CCCCN(c1ccc(C(C)(C)c2ccc(N(CCCC)c3cc4c(cc3C)Oc3cc(N(C)C5CCCCC5)ccc3C43OC(=O)c4ccccc43)cc2)cc1)c1cc2c(cc1C)Oc1cc(N(C)C3CCCCC3)ccc1C21OC(=O)c2ccccc21. The van der Waals surface area contributed by atoms with E-state index in [1.807, 2.05) is 48.5 Å². The molecule has 0 aromatic heterocycles. The Bertz CT molecular complexity index is 3770. The summed E-state index contributed by atoms with van der Waals surface area (Å²) in [5, 5.41) is 0. The standard InChI is InChI=1S/C79H84N4O6/c1-9-11-43-82(69-49-67-71(45-51(69)3)86-73-47-59(80(7)55-23-15-13-16-24-55)39-41-65(73)78(67)63-29-21-19-27-61(63)75(84)88-78)57-35-31-53(32-36-57)77(5,6)54-33-37-58(38-34-54)83(44-12-10-2)70-50-68-72(46-52(70)4)87-74-48-60(81(8)56-25-17-14-18-26-56)40-42-66(74)79(68)64-30-22-20-28-62(64)76(85)89-79/h19-22,27-42,45-50,55-56H,9-18,23-26,43-44H2,1-8H3. The van der Waals surface area contributed by atoms with Crippen LogP contribution in [-0.2, 0) is 26.1 Å². The zero-order valence-corrected chi connectivity index (χ0v) is 53.2. The molecule has 0 saturated heterocycles. The number of hydrogen-bond donors (Lipinski definition) is 0. The summed E-state index contributed by atoms with van der Waals surface area (Å²) in [5.74, 6) is 2.19. The molecule has 10 nitrogen and oxygen atoms in total. The fourth-order valence-corrected chi connectivity index (χ4v) is 15.7. The smallest absolute Gasteiger partial charge is 0.340 e. The number of ether oxygens (including phenoxy) is 4. The van der Waals surface area contributed by atoms with Crippen molar-refractivity contribution in [2.75, 3.05) is 46.8 Å². The number of aryl methyl sites for hydroxylation is 2. The third-order valence-electron chi connectivity index (χ3n) is 20.9. The van der Waals surface area contributed by atoms with Crippen LogP contribution in [0.15, 0.2) is 158 Å². The van der Waals surface area contributed by atoms with Gasteiger partial charge >= 0.3 is 11.9 Å². The Morgan fingerprint density at radius 2 is 0.809 bits per heavy atom. The molecule has 2 atom stereocenters. The first-order chi connectivity index (χ1) is 43.2. The molecule has 456 valence electrons. The maximum Gasteiger partial charge on any atom is 0.340 e. The summed E-state index contributed by atoms with van der Waals surface area (Å²) in [6, 6.07) is 56.6. The van der Waals surface area contributed by atoms with Crippen molar-refractivity contribution in [2.45, 2.75) is 160 Å². The van der Waals surface area contributed by atoms with E-state index >= 15 is 0 Å². The number of hydrogen-bond acceptors (Lipinski definition) is 10. The molecule has 2 saturated carbocycles. The molecule has 4 aliphatic heterocycles. The number of rotatable bonds is 16. The van der Waals surface area contributed by atoms with Crippen LogP contribution in [0.5, 0.6) is 23.0 Å². The first kappa shape index (κ1) is 58.2. The van der Waals surface area contributed by atoms with Crippen molar-refractivity contribution in [3.63, 3.8) is 0 Å². The average molecular weight is 1190 g/mol. The van der Waals surface area contributed by atoms with E-state index in [2.05, 4.69) is 184 Å². The van der Waals surface area contributed by atoms with E-state index in [1.54, 1.807) is 0 Å². The number of carbonyl (C=O) groups excluding carboxylic acids is 2. The molecule has 89 heavy (non-hydrogen) atoms. The minimum Gasteiger partial charge on any atom is -0.456 e. The summed E-state index contributed by atoms with van der Waals surface area (Å²) >= 11 is 0. The molecule has 2 fully saturated rings. The van der Waals surface area contributed by atoms with Gasteiger partial charge in [-0.3, -0.25) is 0 Å². The zero-order valence-electron chi connectivity index (χ0n) is 53.2. The topological polar surface area (TPSA) is 84.0 Å². The van der Waals surface area contributed by atoms with Gasteiger partial charge in [0, 0.05) is 124 Å². The fraction of sp³-hybridized carbons (Fsp3) is 0.367. The summed E-state index contributed by atoms with van der Waals surface area (Å²) in [7, 11) is 4.40. The summed E-state index contributed by atoms with van der Waals surface area (Å²) in [5.41, 5.74) is 14.5. The van der Waals surface area contributed by atoms with Crippen molar-refractivity contribution in [1.29, 1.82) is 0 Å². The molecule has 0 radical (unpaired) electrons. The van der Waals surface area contributed by atoms with Crippen LogP contribution in [0.4, 0.5) is 34.1 Å². The molecular weight excluding hydrogens is 1100 g/mol. The van der Waals surface area contributed by atoms with Crippen LogP contribution in [0.3, 0.4) is 0 Å². The highest BCUT2D eigenvalue weighted by atomic mass is 16.6. The third-order valence-corrected chi connectivity index (χ3v) is 20.9. The van der Waals surface area contributed by atoms with E-state index in [1.165, 1.54) is 75.3 Å². The van der Waals surface area contributed by atoms with Crippen molar-refractivity contribution >= 4 is 46.1 Å². The lowest BCUT2D eigenvalue weighted by Gasteiger charge is -2.39. The second-order valence-electron chi connectivity index (χ2n) is 26.6. The molecule has 0 amide bonds. The van der Waals surface area contributed by atoms with Crippen molar-refractivity contribution in [1.82, 2.24) is 0 Å². The molecule has 2 aliphatic carbocycles. The Hall–Kier alpha value is -8.50. The molecule has 4 heterocycles. The number of carbonyl (C=O) groups is 2. The Morgan fingerprint density at radius 3 is 1.20 bits per heavy atom. The highest BCUT2D eigenvalue weighted by molar-refractivity contribution is 5.98. The quantitative estimate of drug-likeness (QED) is 0.0872. The lowest BCUT2D eigenvalue weighted by Crippen LogP contribution is -2.35. The highest BCUT2D eigenvalue weighted by Crippen LogP contribution is 2.60. The van der Waals surface area contributed by atoms with Crippen LogP contribution in [-0.4, -0.2) is 51.2 Å². The number of benzene rings is 8. The lowest BCUT2D eigenvalue weighted by atomic mass is 9.77. The Labute approximate surface area is 526 Å². The summed E-state index contributed by atoms with van der Waals surface area (Å²) in [4.78, 5) is 37.8. The monoisotopic (exact) mass is 1180 g/mol. The minimum atomic E-state index is -1.19. The van der Waals surface area contributed by atoms with Gasteiger partial charge in [0.1, 0.15) is 23.0 Å². The summed E-state index contributed by atoms with van der Waals surface area (Å²) in [6.45, 7) is 15.0. The van der Waals surface area contributed by atoms with Gasteiger partial charge in [-0.1, -0.05) is 140 Å². The minimum absolute atomic E-state index is 0.327. The normalized spacial score (nSPS) is 19.0. The summed E-state index contributed by atoms with van der Waals surface area (Å²) in [6.07, 6.45) is 16.3. The number of esters is 2.